The van der Waals surface area contributed by atoms with Gasteiger partial charge >= 0.3 is 94.2 Å². The molecule has 0 radical (unpaired) electrons. The standard InChI is InChI=1S/C12H21B2N/c1-9-6-5-7-11-10(8-9)13-14-15(11)12(2,3)4/h9H,5-8H2,1-4H3. The number of fused-ring (bicyclic) bond motifs is 1. The molecule has 0 N–H and O–H groups in total. The van der Waals surface area contributed by atoms with Crippen molar-refractivity contribution < 1.29 is 0 Å². The monoisotopic (exact) mass is 201 g/mol. The predicted octanol–water partition coefficient (Wildman–Crippen LogP) is 2.43. The van der Waals surface area contributed by atoms with Gasteiger partial charge in [-0.2, -0.15) is 0 Å². The first kappa shape index (κ1) is 11.2. The van der Waals surface area contributed by atoms with E-state index in [-0.39, 0.29) is 5.54 Å². The maximum atomic E-state index is 2.47. The van der Waals surface area contributed by atoms with E-state index in [0.29, 0.717) is 0 Å². The fourth-order valence-electron chi connectivity index (χ4n) is 2.70. The summed E-state index contributed by atoms with van der Waals surface area (Å²) < 4.78 is 2.47. The molecule has 1 aliphatic rings. The molecule has 0 bridgehead atoms. The van der Waals surface area contributed by atoms with Crippen LogP contribution in [0.4, 0.5) is 0 Å². The number of nitrogens with zero attached hydrogens (tertiary/aromatic N) is 1. The molecule has 0 aromatic carbocycles. The average Bonchev–Trinajstić information content (AvgIpc) is 2.40. The molecule has 2 rings (SSSR count). The van der Waals surface area contributed by atoms with Gasteiger partial charge in [0.2, 0.25) is 0 Å². The Balaban J connectivity index is 2.38. The van der Waals surface area contributed by atoms with Gasteiger partial charge in [0, 0.05) is 0 Å². The van der Waals surface area contributed by atoms with Crippen molar-refractivity contribution in [1.29, 1.82) is 0 Å². The second kappa shape index (κ2) is 3.92. The van der Waals surface area contributed by atoms with E-state index in [2.05, 4.69) is 45.9 Å². The molecule has 0 spiro atoms. The molecule has 80 valence electrons. The Kier molecular flexibility index (Phi) is 2.92. The number of hydrogen-bond acceptors (Lipinski definition) is 0. The zero-order valence-electron chi connectivity index (χ0n) is 10.5. The fraction of sp³-hybridized carbons (Fsp3) is 0.833. The third-order valence-corrected chi connectivity index (χ3v) is 3.49. The van der Waals surface area contributed by atoms with Crippen LogP contribution in [0, 0.1) is 5.92 Å². The van der Waals surface area contributed by atoms with Crippen molar-refractivity contribution in [2.75, 3.05) is 0 Å². The van der Waals surface area contributed by atoms with Gasteiger partial charge in [0.25, 0.3) is 0 Å². The van der Waals surface area contributed by atoms with Crippen LogP contribution in [-0.4, -0.2) is 18.2 Å². The molecular weight excluding hydrogens is 180 g/mol. The van der Waals surface area contributed by atoms with Gasteiger partial charge in [-0.1, -0.05) is 0 Å². The Morgan fingerprint density at radius 2 is 2.07 bits per heavy atom. The first-order valence-electron chi connectivity index (χ1n) is 6.18. The van der Waals surface area contributed by atoms with Crippen LogP contribution in [0.2, 0.25) is 0 Å². The van der Waals surface area contributed by atoms with E-state index in [9.17, 15) is 0 Å². The summed E-state index contributed by atoms with van der Waals surface area (Å²) in [5, 5.41) is 0. The van der Waals surface area contributed by atoms with Gasteiger partial charge in [0.05, 0.1) is 0 Å². The molecule has 0 fully saturated rings. The molecule has 0 amide bonds. The summed E-state index contributed by atoms with van der Waals surface area (Å²) in [5.41, 5.74) is 3.42. The topological polar surface area (TPSA) is 4.93 Å². The van der Waals surface area contributed by atoms with Crippen molar-refractivity contribution >= 4 is 13.7 Å². The van der Waals surface area contributed by atoms with Gasteiger partial charge in [-0.3, -0.25) is 0 Å². The molecule has 3 heteroatoms. The zero-order chi connectivity index (χ0) is 11.1. The third-order valence-electron chi connectivity index (χ3n) is 3.49. The van der Waals surface area contributed by atoms with Gasteiger partial charge in [0.15, 0.2) is 0 Å². The van der Waals surface area contributed by atoms with Crippen LogP contribution in [0.1, 0.15) is 51.7 Å². The minimum atomic E-state index is 0.237. The molecule has 0 saturated carbocycles. The van der Waals surface area contributed by atoms with Crippen molar-refractivity contribution in [1.82, 2.24) is 4.47 Å². The summed E-state index contributed by atoms with van der Waals surface area (Å²) in [6, 6.07) is 0. The Hall–Kier alpha value is -0.330. The van der Waals surface area contributed by atoms with Crippen LogP contribution >= 0.6 is 0 Å². The quantitative estimate of drug-likeness (QED) is 0.568. The molecule has 1 atom stereocenters. The van der Waals surface area contributed by atoms with Gasteiger partial charge < -0.3 is 0 Å². The molecule has 0 aliphatic heterocycles. The van der Waals surface area contributed by atoms with Crippen molar-refractivity contribution in [2.24, 2.45) is 5.92 Å². The molecule has 1 heterocycles. The molecular formula is C12H21B2N. The van der Waals surface area contributed by atoms with Gasteiger partial charge in [0.1, 0.15) is 0 Å². The summed E-state index contributed by atoms with van der Waals surface area (Å²) in [5.74, 6) is 0.863. The molecule has 1 unspecified atom stereocenters. The first-order chi connectivity index (χ1) is 6.98. The number of hydrogen-bond donors (Lipinski definition) is 0. The van der Waals surface area contributed by atoms with E-state index in [0.717, 1.165) is 5.92 Å². The van der Waals surface area contributed by atoms with Crippen molar-refractivity contribution in [3.05, 3.63) is 11.2 Å². The predicted molar refractivity (Wildman–Crippen MR) is 67.9 cm³/mol. The van der Waals surface area contributed by atoms with Crippen LogP contribution < -0.4 is 0 Å². The molecule has 0 saturated heterocycles. The normalized spacial score (nSPS) is 21.7. The van der Waals surface area contributed by atoms with E-state index in [1.807, 2.05) is 0 Å². The van der Waals surface area contributed by atoms with Crippen LogP contribution in [0.5, 0.6) is 0 Å². The molecule has 1 aromatic heterocycles. The van der Waals surface area contributed by atoms with E-state index in [4.69, 9.17) is 0 Å². The fourth-order valence-corrected chi connectivity index (χ4v) is 2.70. The number of aromatic nitrogens is 1. The Morgan fingerprint density at radius 1 is 1.33 bits per heavy atom. The SMILES string of the molecule is CC1CCCc2c(bbn2C(C)(C)C)C1. The first-order valence-corrected chi connectivity index (χ1v) is 6.18. The van der Waals surface area contributed by atoms with Crippen molar-refractivity contribution in [2.45, 2.75) is 58.9 Å². The third kappa shape index (κ3) is 2.26. The molecule has 1 aromatic rings. The van der Waals surface area contributed by atoms with Crippen molar-refractivity contribution in [3.8, 4) is 0 Å². The number of rotatable bonds is 0. The van der Waals surface area contributed by atoms with E-state index in [1.54, 1.807) is 11.2 Å². The maximum absolute atomic E-state index is 2.47. The van der Waals surface area contributed by atoms with E-state index >= 15 is 0 Å². The van der Waals surface area contributed by atoms with Gasteiger partial charge in [-0.15, -0.1) is 0 Å². The zero-order valence-corrected chi connectivity index (χ0v) is 10.5. The average molecular weight is 201 g/mol. The Bertz CT molecular complexity index is 349. The van der Waals surface area contributed by atoms with E-state index in [1.165, 1.54) is 25.7 Å². The summed E-state index contributed by atoms with van der Waals surface area (Å²) >= 11 is 0. The van der Waals surface area contributed by atoms with Crippen LogP contribution in [-0.2, 0) is 18.4 Å². The molecule has 1 nitrogen and oxygen atoms in total. The van der Waals surface area contributed by atoms with Gasteiger partial charge in [-0.05, 0) is 0 Å². The Labute approximate surface area is 94.7 Å². The summed E-state index contributed by atoms with van der Waals surface area (Å²) in [7, 11) is 0. The van der Waals surface area contributed by atoms with Crippen molar-refractivity contribution in [3.63, 3.8) is 0 Å². The second-order valence-electron chi connectivity index (χ2n) is 6.03. The van der Waals surface area contributed by atoms with Crippen LogP contribution in [0.3, 0.4) is 0 Å². The summed E-state index contributed by atoms with van der Waals surface area (Å²) in [4.78, 5) is 0. The van der Waals surface area contributed by atoms with Gasteiger partial charge in [-0.25, -0.2) is 0 Å². The van der Waals surface area contributed by atoms with E-state index < -0.39 is 0 Å². The van der Waals surface area contributed by atoms with Crippen LogP contribution in [0.25, 0.3) is 0 Å². The van der Waals surface area contributed by atoms with Crippen LogP contribution in [0.15, 0.2) is 0 Å². The summed E-state index contributed by atoms with van der Waals surface area (Å²) in [6.07, 6.45) is 5.29. The minimum absolute atomic E-state index is 0.237. The molecule has 1 aliphatic carbocycles. The Morgan fingerprint density at radius 3 is 2.73 bits per heavy atom. The molecule has 15 heavy (non-hydrogen) atoms. The second-order valence-corrected chi connectivity index (χ2v) is 6.03. The summed E-state index contributed by atoms with van der Waals surface area (Å²) in [6.45, 7) is 13.9.